The lowest BCUT2D eigenvalue weighted by atomic mass is 9.94. The third-order valence-electron chi connectivity index (χ3n) is 4.74. The molecule has 0 saturated carbocycles. The second-order valence-electron chi connectivity index (χ2n) is 6.19. The van der Waals surface area contributed by atoms with Crippen molar-refractivity contribution in [1.29, 1.82) is 0 Å². The first-order valence-electron chi connectivity index (χ1n) is 8.55. The van der Waals surface area contributed by atoms with Crippen LogP contribution < -0.4 is 14.8 Å². The number of H-pyrrole nitrogens is 1. The van der Waals surface area contributed by atoms with Crippen LogP contribution in [-0.4, -0.2) is 25.2 Å². The summed E-state index contributed by atoms with van der Waals surface area (Å²) in [5, 5.41) is 4.67. The Morgan fingerprint density at radius 3 is 2.84 bits per heavy atom. The molecule has 130 valence electrons. The Morgan fingerprint density at radius 2 is 2.08 bits per heavy atom. The molecule has 3 aromatic rings. The second kappa shape index (κ2) is 6.41. The van der Waals surface area contributed by atoms with E-state index in [2.05, 4.69) is 16.4 Å². The molecule has 0 saturated heterocycles. The van der Waals surface area contributed by atoms with Gasteiger partial charge in [0.05, 0.1) is 19.8 Å². The van der Waals surface area contributed by atoms with Gasteiger partial charge in [-0.15, -0.1) is 0 Å². The van der Waals surface area contributed by atoms with Crippen LogP contribution in [-0.2, 0) is 6.42 Å². The molecule has 2 N–H and O–H groups in total. The molecule has 1 aliphatic heterocycles. The molecule has 0 fully saturated rings. The summed E-state index contributed by atoms with van der Waals surface area (Å²) in [6.45, 7) is 3.47. The van der Waals surface area contributed by atoms with Crippen molar-refractivity contribution in [1.82, 2.24) is 10.3 Å². The summed E-state index contributed by atoms with van der Waals surface area (Å²) in [5.41, 5.74) is 4.34. The van der Waals surface area contributed by atoms with Crippen LogP contribution in [0.1, 0.15) is 29.8 Å². The third kappa shape index (κ3) is 2.74. The van der Waals surface area contributed by atoms with Gasteiger partial charge in [0.25, 0.3) is 0 Å². The minimum atomic E-state index is -0.344. The van der Waals surface area contributed by atoms with E-state index in [9.17, 15) is 4.39 Å². The first-order valence-corrected chi connectivity index (χ1v) is 8.55. The van der Waals surface area contributed by atoms with Gasteiger partial charge in [-0.1, -0.05) is 6.07 Å². The average Bonchev–Trinajstić information content (AvgIpc) is 3.00. The summed E-state index contributed by atoms with van der Waals surface area (Å²) in [6, 6.07) is 11.2. The topological polar surface area (TPSA) is 46.3 Å². The lowest BCUT2D eigenvalue weighted by molar-refractivity contribution is 0.340. The van der Waals surface area contributed by atoms with E-state index in [0.717, 1.165) is 35.5 Å². The van der Waals surface area contributed by atoms with Gasteiger partial charge in [-0.05, 0) is 54.8 Å². The normalized spacial score (nSPS) is 16.7. The summed E-state index contributed by atoms with van der Waals surface area (Å²) in [7, 11) is 1.47. The van der Waals surface area contributed by atoms with E-state index < -0.39 is 0 Å². The lowest BCUT2D eigenvalue weighted by Crippen LogP contribution is -2.30. The maximum atomic E-state index is 14.1. The molecule has 2 heterocycles. The number of ether oxygens (including phenoxy) is 2. The summed E-state index contributed by atoms with van der Waals surface area (Å²) in [4.78, 5) is 3.51. The molecule has 1 aromatic heterocycles. The van der Waals surface area contributed by atoms with Crippen molar-refractivity contribution in [2.45, 2.75) is 19.4 Å². The van der Waals surface area contributed by atoms with E-state index in [4.69, 9.17) is 9.47 Å². The van der Waals surface area contributed by atoms with E-state index >= 15 is 0 Å². The van der Waals surface area contributed by atoms with Gasteiger partial charge in [-0.25, -0.2) is 4.39 Å². The molecule has 4 rings (SSSR count). The highest BCUT2D eigenvalue weighted by molar-refractivity contribution is 5.86. The molecule has 0 radical (unpaired) electrons. The van der Waals surface area contributed by atoms with Crippen molar-refractivity contribution in [2.24, 2.45) is 0 Å². The molecule has 0 spiro atoms. The van der Waals surface area contributed by atoms with Gasteiger partial charge >= 0.3 is 0 Å². The zero-order valence-corrected chi connectivity index (χ0v) is 14.4. The molecule has 1 atom stereocenters. The molecule has 25 heavy (non-hydrogen) atoms. The van der Waals surface area contributed by atoms with Gasteiger partial charge in [0.2, 0.25) is 0 Å². The van der Waals surface area contributed by atoms with Gasteiger partial charge in [0.1, 0.15) is 5.75 Å². The Morgan fingerprint density at radius 1 is 1.20 bits per heavy atom. The molecular weight excluding hydrogens is 319 g/mol. The number of hydrogen-bond donors (Lipinski definition) is 2. The average molecular weight is 340 g/mol. The van der Waals surface area contributed by atoms with E-state index in [1.807, 2.05) is 25.1 Å². The molecule has 5 heteroatoms. The number of nitrogens with one attached hydrogen (secondary N) is 2. The fourth-order valence-electron chi connectivity index (χ4n) is 3.61. The predicted molar refractivity (Wildman–Crippen MR) is 96.0 cm³/mol. The zero-order valence-electron chi connectivity index (χ0n) is 14.4. The van der Waals surface area contributed by atoms with Gasteiger partial charge < -0.3 is 19.8 Å². The maximum Gasteiger partial charge on any atom is 0.165 e. The van der Waals surface area contributed by atoms with Gasteiger partial charge in [-0.3, -0.25) is 0 Å². The number of benzene rings is 2. The van der Waals surface area contributed by atoms with Crippen LogP contribution in [0.4, 0.5) is 4.39 Å². The van der Waals surface area contributed by atoms with Gasteiger partial charge in [-0.2, -0.15) is 0 Å². The minimum Gasteiger partial charge on any atom is -0.494 e. The Balaban J connectivity index is 1.79. The Kier molecular flexibility index (Phi) is 4.09. The number of rotatable bonds is 4. The van der Waals surface area contributed by atoms with E-state index in [0.29, 0.717) is 6.61 Å². The molecule has 0 aliphatic carbocycles. The summed E-state index contributed by atoms with van der Waals surface area (Å²) < 4.78 is 24.8. The quantitative estimate of drug-likeness (QED) is 0.756. The van der Waals surface area contributed by atoms with Crippen LogP contribution in [0.25, 0.3) is 10.9 Å². The third-order valence-corrected chi connectivity index (χ3v) is 4.74. The maximum absolute atomic E-state index is 14.1. The van der Waals surface area contributed by atoms with Crippen LogP contribution in [0, 0.1) is 5.82 Å². The van der Waals surface area contributed by atoms with Crippen molar-refractivity contribution in [3.63, 3.8) is 0 Å². The van der Waals surface area contributed by atoms with Crippen molar-refractivity contribution in [2.75, 3.05) is 20.3 Å². The highest BCUT2D eigenvalue weighted by atomic mass is 19.1. The minimum absolute atomic E-state index is 0.0629. The number of aromatic amines is 1. The second-order valence-corrected chi connectivity index (χ2v) is 6.19. The number of hydrogen-bond acceptors (Lipinski definition) is 3. The summed E-state index contributed by atoms with van der Waals surface area (Å²) in [5.74, 6) is 0.795. The molecule has 1 unspecified atom stereocenters. The Labute approximate surface area is 146 Å². The summed E-state index contributed by atoms with van der Waals surface area (Å²) >= 11 is 0. The monoisotopic (exact) mass is 340 g/mol. The molecule has 2 aromatic carbocycles. The van der Waals surface area contributed by atoms with E-state index in [1.165, 1.54) is 18.1 Å². The first-order chi connectivity index (χ1) is 12.2. The number of aromatic nitrogens is 1. The van der Waals surface area contributed by atoms with Gasteiger partial charge in [0.15, 0.2) is 11.6 Å². The van der Waals surface area contributed by atoms with Crippen LogP contribution in [0.3, 0.4) is 0 Å². The SMILES string of the molecule is CCOc1ccc2[nH]c3c(c2c1)CCNC3c1ccc(OC)c(F)c1. The summed E-state index contributed by atoms with van der Waals surface area (Å²) in [6.07, 6.45) is 0.931. The van der Waals surface area contributed by atoms with E-state index in [1.54, 1.807) is 12.1 Å². The Bertz CT molecular complexity index is 919. The number of halogens is 1. The van der Waals surface area contributed by atoms with Crippen molar-refractivity contribution < 1.29 is 13.9 Å². The van der Waals surface area contributed by atoms with Crippen LogP contribution in [0.15, 0.2) is 36.4 Å². The molecule has 0 amide bonds. The largest absolute Gasteiger partial charge is 0.494 e. The smallest absolute Gasteiger partial charge is 0.165 e. The van der Waals surface area contributed by atoms with Gasteiger partial charge in [0, 0.05) is 23.1 Å². The van der Waals surface area contributed by atoms with Crippen LogP contribution in [0.2, 0.25) is 0 Å². The molecule has 4 nitrogen and oxygen atoms in total. The van der Waals surface area contributed by atoms with E-state index in [-0.39, 0.29) is 17.6 Å². The highest BCUT2D eigenvalue weighted by Gasteiger charge is 2.26. The van der Waals surface area contributed by atoms with Crippen molar-refractivity contribution in [3.05, 3.63) is 59.0 Å². The standard InChI is InChI=1S/C20H21FN2O2/c1-3-25-13-5-6-17-15(11-13)14-8-9-22-19(20(14)23-17)12-4-7-18(24-2)16(21)10-12/h4-7,10-11,19,22-23H,3,8-9H2,1-2H3. The predicted octanol–water partition coefficient (Wildman–Crippen LogP) is 3.95. The van der Waals surface area contributed by atoms with Crippen molar-refractivity contribution >= 4 is 10.9 Å². The fourth-order valence-corrected chi connectivity index (χ4v) is 3.61. The molecular formula is C20H21FN2O2. The first kappa shape index (κ1) is 16.0. The molecule has 0 bridgehead atoms. The molecule has 1 aliphatic rings. The Hall–Kier alpha value is -2.53. The van der Waals surface area contributed by atoms with Crippen molar-refractivity contribution in [3.8, 4) is 11.5 Å². The number of fused-ring (bicyclic) bond motifs is 3. The van der Waals surface area contributed by atoms with Crippen LogP contribution in [0.5, 0.6) is 11.5 Å². The van der Waals surface area contributed by atoms with Crippen LogP contribution >= 0.6 is 0 Å². The lowest BCUT2D eigenvalue weighted by Gasteiger charge is -2.25. The number of methoxy groups -OCH3 is 1. The fraction of sp³-hybridized carbons (Fsp3) is 0.300. The highest BCUT2D eigenvalue weighted by Crippen LogP contribution is 2.35. The zero-order chi connectivity index (χ0) is 17.4.